The molecular formula is C10H13N3S2. The first-order valence-electron chi connectivity index (χ1n) is 4.74. The number of aryl methyl sites for hydroxylation is 3. The average Bonchev–Trinajstić information content (AvgIpc) is 2.72. The van der Waals surface area contributed by atoms with E-state index in [1.54, 1.807) is 22.7 Å². The minimum atomic E-state index is 0.769. The van der Waals surface area contributed by atoms with Crippen LogP contribution in [-0.2, 0) is 6.54 Å². The summed E-state index contributed by atoms with van der Waals surface area (Å²) in [6.07, 6.45) is 1.90. The molecule has 0 aliphatic carbocycles. The molecule has 0 aromatic carbocycles. The zero-order chi connectivity index (χ0) is 10.8. The molecule has 0 amide bonds. The highest BCUT2D eigenvalue weighted by molar-refractivity contribution is 7.15. The fraction of sp³-hybridized carbons (Fsp3) is 0.400. The molecule has 0 spiro atoms. The summed E-state index contributed by atoms with van der Waals surface area (Å²) >= 11 is 3.42. The Balaban J connectivity index is 1.99. The number of rotatable bonds is 3. The second-order valence-corrected chi connectivity index (χ2v) is 5.90. The third-order valence-corrected chi connectivity index (χ3v) is 4.03. The molecule has 0 bridgehead atoms. The van der Waals surface area contributed by atoms with Crippen LogP contribution in [-0.4, -0.2) is 9.97 Å². The van der Waals surface area contributed by atoms with E-state index in [2.05, 4.69) is 29.1 Å². The van der Waals surface area contributed by atoms with Gasteiger partial charge in [-0.15, -0.1) is 22.7 Å². The van der Waals surface area contributed by atoms with Crippen molar-refractivity contribution in [2.24, 2.45) is 0 Å². The normalized spacial score (nSPS) is 10.6. The highest BCUT2D eigenvalue weighted by Crippen LogP contribution is 2.22. The van der Waals surface area contributed by atoms with Crippen molar-refractivity contribution in [3.8, 4) is 0 Å². The molecular weight excluding hydrogens is 226 g/mol. The Morgan fingerprint density at radius 1 is 1.27 bits per heavy atom. The topological polar surface area (TPSA) is 37.8 Å². The van der Waals surface area contributed by atoms with Crippen LogP contribution in [0.5, 0.6) is 0 Å². The van der Waals surface area contributed by atoms with Gasteiger partial charge in [-0.25, -0.2) is 9.97 Å². The summed E-state index contributed by atoms with van der Waals surface area (Å²) in [7, 11) is 0. The molecule has 80 valence electrons. The summed E-state index contributed by atoms with van der Waals surface area (Å²) in [5.41, 5.74) is 1.11. The molecule has 0 unspecified atom stereocenters. The molecule has 2 heterocycles. The van der Waals surface area contributed by atoms with Gasteiger partial charge < -0.3 is 5.32 Å². The largest absolute Gasteiger partial charge is 0.355 e. The quantitative estimate of drug-likeness (QED) is 0.894. The van der Waals surface area contributed by atoms with Crippen LogP contribution in [0.2, 0.25) is 0 Å². The van der Waals surface area contributed by atoms with E-state index in [0.29, 0.717) is 0 Å². The fourth-order valence-electron chi connectivity index (χ4n) is 1.18. The maximum atomic E-state index is 4.42. The molecule has 0 radical (unpaired) electrons. The summed E-state index contributed by atoms with van der Waals surface area (Å²) < 4.78 is 0. The van der Waals surface area contributed by atoms with Gasteiger partial charge in [-0.3, -0.25) is 0 Å². The lowest BCUT2D eigenvalue weighted by Crippen LogP contribution is -1.97. The van der Waals surface area contributed by atoms with Gasteiger partial charge in [0, 0.05) is 16.0 Å². The van der Waals surface area contributed by atoms with Gasteiger partial charge in [-0.2, -0.15) is 0 Å². The molecule has 0 saturated carbocycles. The monoisotopic (exact) mass is 239 g/mol. The first-order valence-corrected chi connectivity index (χ1v) is 6.37. The van der Waals surface area contributed by atoms with Crippen LogP contribution in [0.1, 0.15) is 20.5 Å². The summed E-state index contributed by atoms with van der Waals surface area (Å²) in [6, 6.07) is 0. The van der Waals surface area contributed by atoms with Crippen LogP contribution in [0.25, 0.3) is 0 Å². The molecule has 0 aliphatic heterocycles. The van der Waals surface area contributed by atoms with Crippen LogP contribution in [0.3, 0.4) is 0 Å². The lowest BCUT2D eigenvalue weighted by Gasteiger charge is -1.97. The molecule has 0 aliphatic rings. The molecule has 2 rings (SSSR count). The van der Waals surface area contributed by atoms with Gasteiger partial charge in [-0.1, -0.05) is 0 Å². The first kappa shape index (κ1) is 10.6. The average molecular weight is 239 g/mol. The van der Waals surface area contributed by atoms with Crippen molar-refractivity contribution in [3.63, 3.8) is 0 Å². The van der Waals surface area contributed by atoms with Crippen LogP contribution < -0.4 is 5.32 Å². The smallest absolute Gasteiger partial charge is 0.183 e. The SMILES string of the molecule is Cc1cnc(CNc2nc(C)c(C)s2)s1. The van der Waals surface area contributed by atoms with Gasteiger partial charge in [0.05, 0.1) is 12.2 Å². The second-order valence-electron chi connectivity index (χ2n) is 3.38. The number of aromatic nitrogens is 2. The molecule has 1 N–H and O–H groups in total. The van der Waals surface area contributed by atoms with Gasteiger partial charge in [-0.05, 0) is 20.8 Å². The van der Waals surface area contributed by atoms with Crippen molar-refractivity contribution in [1.82, 2.24) is 9.97 Å². The van der Waals surface area contributed by atoms with E-state index in [9.17, 15) is 0 Å². The molecule has 2 aromatic rings. The van der Waals surface area contributed by atoms with Gasteiger partial charge in [0.1, 0.15) is 5.01 Å². The molecule has 0 fully saturated rings. The number of hydrogen-bond donors (Lipinski definition) is 1. The van der Waals surface area contributed by atoms with Crippen LogP contribution >= 0.6 is 22.7 Å². The number of thiazole rings is 2. The van der Waals surface area contributed by atoms with Gasteiger partial charge in [0.2, 0.25) is 0 Å². The van der Waals surface area contributed by atoms with Crippen molar-refractivity contribution in [1.29, 1.82) is 0 Å². The Morgan fingerprint density at radius 3 is 2.60 bits per heavy atom. The molecule has 5 heteroatoms. The molecule has 15 heavy (non-hydrogen) atoms. The first-order chi connectivity index (χ1) is 7.15. The summed E-state index contributed by atoms with van der Waals surface area (Å²) in [5, 5.41) is 5.38. The Bertz CT molecular complexity index is 439. The number of nitrogens with one attached hydrogen (secondary N) is 1. The van der Waals surface area contributed by atoms with Crippen LogP contribution in [0, 0.1) is 20.8 Å². The Morgan fingerprint density at radius 2 is 2.07 bits per heavy atom. The standard InChI is InChI=1S/C10H13N3S2/c1-6-4-11-9(14-6)5-12-10-13-7(2)8(3)15-10/h4H,5H2,1-3H3,(H,12,13). The van der Waals surface area contributed by atoms with Gasteiger partial charge in [0.25, 0.3) is 0 Å². The molecule has 3 nitrogen and oxygen atoms in total. The van der Waals surface area contributed by atoms with E-state index in [1.165, 1.54) is 9.75 Å². The third kappa shape index (κ3) is 2.54. The zero-order valence-corrected chi connectivity index (χ0v) is 10.6. The maximum absolute atomic E-state index is 4.42. The summed E-state index contributed by atoms with van der Waals surface area (Å²) in [4.78, 5) is 11.2. The van der Waals surface area contributed by atoms with Crippen molar-refractivity contribution in [2.45, 2.75) is 27.3 Å². The molecule has 2 aromatic heterocycles. The fourth-order valence-corrected chi connectivity index (χ4v) is 2.72. The lowest BCUT2D eigenvalue weighted by atomic mass is 10.4. The predicted molar refractivity (Wildman–Crippen MR) is 65.8 cm³/mol. The van der Waals surface area contributed by atoms with E-state index in [-0.39, 0.29) is 0 Å². The molecule has 0 saturated heterocycles. The van der Waals surface area contributed by atoms with E-state index < -0.39 is 0 Å². The van der Waals surface area contributed by atoms with Crippen molar-refractivity contribution < 1.29 is 0 Å². The minimum Gasteiger partial charge on any atom is -0.355 e. The summed E-state index contributed by atoms with van der Waals surface area (Å²) in [6.45, 7) is 6.96. The summed E-state index contributed by atoms with van der Waals surface area (Å²) in [5.74, 6) is 0. The maximum Gasteiger partial charge on any atom is 0.183 e. The minimum absolute atomic E-state index is 0.769. The van der Waals surface area contributed by atoms with Crippen molar-refractivity contribution in [2.75, 3.05) is 5.32 Å². The van der Waals surface area contributed by atoms with E-state index in [1.807, 2.05) is 13.1 Å². The van der Waals surface area contributed by atoms with Crippen LogP contribution in [0.4, 0.5) is 5.13 Å². The van der Waals surface area contributed by atoms with Crippen molar-refractivity contribution >= 4 is 27.8 Å². The highest BCUT2D eigenvalue weighted by Gasteiger charge is 2.04. The van der Waals surface area contributed by atoms with Crippen molar-refractivity contribution in [3.05, 3.63) is 26.7 Å². The second kappa shape index (κ2) is 4.28. The number of anilines is 1. The Kier molecular flexibility index (Phi) is 3.02. The van der Waals surface area contributed by atoms with Crippen LogP contribution in [0.15, 0.2) is 6.20 Å². The predicted octanol–water partition coefficient (Wildman–Crippen LogP) is 3.14. The zero-order valence-electron chi connectivity index (χ0n) is 9.00. The van der Waals surface area contributed by atoms with Gasteiger partial charge >= 0.3 is 0 Å². The number of nitrogens with zero attached hydrogens (tertiary/aromatic N) is 2. The Labute approximate surface area is 97.2 Å². The van der Waals surface area contributed by atoms with E-state index >= 15 is 0 Å². The lowest BCUT2D eigenvalue weighted by molar-refractivity contribution is 1.08. The Hall–Kier alpha value is -0.940. The highest BCUT2D eigenvalue weighted by atomic mass is 32.1. The third-order valence-electron chi connectivity index (χ3n) is 2.09. The van der Waals surface area contributed by atoms with E-state index in [0.717, 1.165) is 22.4 Å². The molecule has 0 atom stereocenters. The van der Waals surface area contributed by atoms with Gasteiger partial charge in [0.15, 0.2) is 5.13 Å². The number of hydrogen-bond acceptors (Lipinski definition) is 5. The van der Waals surface area contributed by atoms with E-state index in [4.69, 9.17) is 0 Å².